The fourth-order valence-electron chi connectivity index (χ4n) is 4.17. The minimum absolute atomic E-state index is 0.0791. The highest BCUT2D eigenvalue weighted by atomic mass is 19.4. The van der Waals surface area contributed by atoms with Crippen LogP contribution in [0.5, 0.6) is 23.1 Å². The molecule has 8 nitrogen and oxygen atoms in total. The third-order valence-corrected chi connectivity index (χ3v) is 6.05. The molecule has 0 unspecified atom stereocenters. The van der Waals surface area contributed by atoms with Crippen LogP contribution in [0.4, 0.5) is 28.0 Å². The summed E-state index contributed by atoms with van der Waals surface area (Å²) in [5, 5.41) is 3.09. The lowest BCUT2D eigenvalue weighted by atomic mass is 10.2. The highest BCUT2D eigenvalue weighted by molar-refractivity contribution is 6.00. The van der Waals surface area contributed by atoms with Gasteiger partial charge in [-0.1, -0.05) is 0 Å². The predicted octanol–water partition coefficient (Wildman–Crippen LogP) is 6.94. The minimum atomic E-state index is -4.50. The molecule has 0 atom stereocenters. The largest absolute Gasteiger partial charge is 0.493 e. The molecule has 0 aliphatic rings. The first kappa shape index (κ1) is 25.8. The highest BCUT2D eigenvalue weighted by Gasteiger charge is 2.30. The molecule has 2 heterocycles. The molecule has 3 aromatic carbocycles. The maximum absolute atomic E-state index is 15.6. The van der Waals surface area contributed by atoms with E-state index in [1.807, 2.05) is 0 Å². The molecule has 5 rings (SSSR count). The van der Waals surface area contributed by atoms with Crippen molar-refractivity contribution in [1.82, 2.24) is 14.5 Å². The van der Waals surface area contributed by atoms with E-state index < -0.39 is 23.6 Å². The molecule has 0 radical (unpaired) electrons. The molecule has 0 saturated heterocycles. The number of alkyl halides is 3. The Labute approximate surface area is 218 Å². The van der Waals surface area contributed by atoms with Gasteiger partial charge in [0.15, 0.2) is 23.1 Å². The molecular formula is C27H20F4N4O4. The molecule has 200 valence electrons. The Morgan fingerprint density at radius 3 is 2.26 bits per heavy atom. The summed E-state index contributed by atoms with van der Waals surface area (Å²) in [7, 11) is 2.97. The third kappa shape index (κ3) is 4.76. The van der Waals surface area contributed by atoms with Crippen LogP contribution in [0, 0.1) is 12.7 Å². The van der Waals surface area contributed by atoms with Gasteiger partial charge in [-0.25, -0.2) is 19.2 Å². The molecule has 1 N–H and O–H groups in total. The number of nitrogens with one attached hydrogen (secondary N) is 1. The van der Waals surface area contributed by atoms with Gasteiger partial charge < -0.3 is 19.5 Å². The highest BCUT2D eigenvalue weighted by Crippen LogP contribution is 2.38. The number of carbonyl (C=O) groups is 1. The first-order valence-corrected chi connectivity index (χ1v) is 11.4. The zero-order valence-corrected chi connectivity index (χ0v) is 20.8. The normalized spacial score (nSPS) is 11.6. The van der Waals surface area contributed by atoms with Crippen LogP contribution in [0.1, 0.15) is 11.3 Å². The van der Waals surface area contributed by atoms with E-state index in [1.54, 1.807) is 19.1 Å². The maximum atomic E-state index is 15.6. The van der Waals surface area contributed by atoms with Gasteiger partial charge in [-0.2, -0.15) is 13.2 Å². The van der Waals surface area contributed by atoms with Crippen molar-refractivity contribution in [2.75, 3.05) is 19.5 Å². The zero-order chi connectivity index (χ0) is 27.9. The Balaban J connectivity index is 1.47. The fraction of sp³-hybridized carbons (Fsp3) is 0.148. The van der Waals surface area contributed by atoms with Crippen LogP contribution in [-0.4, -0.2) is 34.8 Å². The Bertz CT molecular complexity index is 1720. The summed E-state index contributed by atoms with van der Waals surface area (Å²) in [6.07, 6.45) is -3.23. The lowest BCUT2D eigenvalue weighted by molar-refractivity contribution is -0.137. The maximum Gasteiger partial charge on any atom is 0.416 e. The number of fused-ring (bicyclic) bond motifs is 2. The van der Waals surface area contributed by atoms with E-state index in [0.29, 0.717) is 28.1 Å². The van der Waals surface area contributed by atoms with Gasteiger partial charge >= 0.3 is 12.2 Å². The van der Waals surface area contributed by atoms with Crippen LogP contribution in [0.3, 0.4) is 0 Å². The zero-order valence-electron chi connectivity index (χ0n) is 20.8. The van der Waals surface area contributed by atoms with Gasteiger partial charge in [0.05, 0.1) is 36.2 Å². The Hall–Kier alpha value is -4.87. The number of ether oxygens (including phenoxy) is 3. The summed E-state index contributed by atoms with van der Waals surface area (Å²) >= 11 is 0. The molecule has 0 spiro atoms. The molecule has 0 aliphatic heterocycles. The predicted molar refractivity (Wildman–Crippen MR) is 135 cm³/mol. The number of methoxy groups -OCH3 is 2. The number of amides is 1. The Kier molecular flexibility index (Phi) is 6.46. The van der Waals surface area contributed by atoms with E-state index in [1.165, 1.54) is 43.3 Å². The first-order valence-electron chi connectivity index (χ1n) is 11.4. The van der Waals surface area contributed by atoms with Gasteiger partial charge in [0.25, 0.3) is 0 Å². The van der Waals surface area contributed by atoms with E-state index in [-0.39, 0.29) is 28.2 Å². The summed E-state index contributed by atoms with van der Waals surface area (Å²) in [6, 6.07) is 10.9. The second-order valence-corrected chi connectivity index (χ2v) is 8.44. The number of aryl methyl sites for hydroxylation is 1. The van der Waals surface area contributed by atoms with Crippen molar-refractivity contribution in [1.29, 1.82) is 0 Å². The van der Waals surface area contributed by atoms with Crippen molar-refractivity contribution in [2.45, 2.75) is 13.1 Å². The van der Waals surface area contributed by atoms with Crippen molar-refractivity contribution in [3.63, 3.8) is 0 Å². The SMILES string of the molecule is COc1cc2ncnc(Oc3ccc4c(cc(C)n4C(=O)Nc4ccc(C(F)(F)F)cc4)c3F)c2cc1OC. The second kappa shape index (κ2) is 9.78. The number of benzene rings is 3. The van der Waals surface area contributed by atoms with Crippen LogP contribution < -0.4 is 19.5 Å². The van der Waals surface area contributed by atoms with Crippen LogP contribution in [0.2, 0.25) is 0 Å². The van der Waals surface area contributed by atoms with Crippen molar-refractivity contribution in [2.24, 2.45) is 0 Å². The number of hydrogen-bond donors (Lipinski definition) is 1. The summed E-state index contributed by atoms with van der Waals surface area (Å²) < 4.78 is 71.7. The number of nitrogens with zero attached hydrogens (tertiary/aromatic N) is 3. The minimum Gasteiger partial charge on any atom is -0.493 e. The van der Waals surface area contributed by atoms with Crippen molar-refractivity contribution < 1.29 is 36.6 Å². The third-order valence-electron chi connectivity index (χ3n) is 6.05. The molecule has 5 aromatic rings. The van der Waals surface area contributed by atoms with Gasteiger partial charge in [-0.15, -0.1) is 0 Å². The number of rotatable bonds is 5. The van der Waals surface area contributed by atoms with Gasteiger partial charge in [0.1, 0.15) is 6.33 Å². The topological polar surface area (TPSA) is 87.5 Å². The standard InChI is InChI=1S/C27H20F4N4O4/c1-14-10-18-20(35(14)26(36)34-16-6-4-15(5-7-16)27(29,30)31)8-9-21(24(18)28)39-25-17-11-22(37-2)23(38-3)12-19(17)32-13-33-25/h4-13H,1-3H3,(H,34,36). The molecule has 0 saturated carbocycles. The van der Waals surface area contributed by atoms with E-state index in [4.69, 9.17) is 14.2 Å². The lowest BCUT2D eigenvalue weighted by Crippen LogP contribution is -2.20. The lowest BCUT2D eigenvalue weighted by Gasteiger charge is -2.13. The monoisotopic (exact) mass is 540 g/mol. The molecule has 2 aromatic heterocycles. The molecule has 0 aliphatic carbocycles. The van der Waals surface area contributed by atoms with Crippen LogP contribution >= 0.6 is 0 Å². The van der Waals surface area contributed by atoms with Crippen LogP contribution in [0.25, 0.3) is 21.8 Å². The summed E-state index contributed by atoms with van der Waals surface area (Å²) in [4.78, 5) is 21.3. The number of carbonyl (C=O) groups excluding carboxylic acids is 1. The molecule has 0 fully saturated rings. The molecule has 0 bridgehead atoms. The number of anilines is 1. The van der Waals surface area contributed by atoms with Gasteiger partial charge in [0.2, 0.25) is 5.88 Å². The molecule has 1 amide bonds. The number of hydrogen-bond acceptors (Lipinski definition) is 6. The van der Waals surface area contributed by atoms with Crippen LogP contribution in [-0.2, 0) is 6.18 Å². The molecule has 12 heteroatoms. The van der Waals surface area contributed by atoms with Crippen molar-refractivity contribution >= 4 is 33.5 Å². The fourth-order valence-corrected chi connectivity index (χ4v) is 4.17. The second-order valence-electron chi connectivity index (χ2n) is 8.44. The van der Waals surface area contributed by atoms with E-state index in [9.17, 15) is 18.0 Å². The molecular weight excluding hydrogens is 520 g/mol. The molecule has 39 heavy (non-hydrogen) atoms. The van der Waals surface area contributed by atoms with Gasteiger partial charge in [0, 0.05) is 22.8 Å². The van der Waals surface area contributed by atoms with Crippen molar-refractivity contribution in [3.8, 4) is 23.1 Å². The van der Waals surface area contributed by atoms with E-state index in [2.05, 4.69) is 15.3 Å². The van der Waals surface area contributed by atoms with Crippen molar-refractivity contribution in [3.05, 3.63) is 78.0 Å². The number of halogens is 4. The van der Waals surface area contributed by atoms with E-state index in [0.717, 1.165) is 24.3 Å². The Morgan fingerprint density at radius 1 is 0.897 bits per heavy atom. The average Bonchev–Trinajstić information content (AvgIpc) is 3.26. The quantitative estimate of drug-likeness (QED) is 0.243. The van der Waals surface area contributed by atoms with Crippen LogP contribution in [0.15, 0.2) is 60.9 Å². The summed E-state index contributed by atoms with van der Waals surface area (Å²) in [5.74, 6) is 0.0675. The first-order chi connectivity index (χ1) is 18.6. The van der Waals surface area contributed by atoms with E-state index >= 15 is 4.39 Å². The summed E-state index contributed by atoms with van der Waals surface area (Å²) in [6.45, 7) is 1.60. The average molecular weight is 540 g/mol. The smallest absolute Gasteiger partial charge is 0.416 e. The number of aromatic nitrogens is 3. The summed E-state index contributed by atoms with van der Waals surface area (Å²) in [5.41, 5.74) is 0.431. The van der Waals surface area contributed by atoms with Gasteiger partial charge in [-0.05, 0) is 55.5 Å². The Morgan fingerprint density at radius 2 is 1.59 bits per heavy atom. The van der Waals surface area contributed by atoms with Gasteiger partial charge in [-0.3, -0.25) is 4.57 Å².